The second kappa shape index (κ2) is 2.48. The molecular formula is C5H11NO3S. The van der Waals surface area contributed by atoms with Crippen LogP contribution in [0.2, 0.25) is 0 Å². The normalized spacial score (nSPS) is 34.6. The van der Waals surface area contributed by atoms with Crippen molar-refractivity contribution in [3.05, 3.63) is 0 Å². The van der Waals surface area contributed by atoms with Gasteiger partial charge in [0.2, 0.25) is 0 Å². The Bertz CT molecular complexity index is 211. The van der Waals surface area contributed by atoms with Crippen LogP contribution in [0.4, 0.5) is 0 Å². The lowest BCUT2D eigenvalue weighted by atomic mass is 10.3. The van der Waals surface area contributed by atoms with Gasteiger partial charge in [-0.3, -0.25) is 4.55 Å². The third-order valence-corrected chi connectivity index (χ3v) is 3.24. The third-order valence-electron chi connectivity index (χ3n) is 1.89. The second-order valence-corrected chi connectivity index (χ2v) is 4.28. The van der Waals surface area contributed by atoms with Crippen molar-refractivity contribution in [3.8, 4) is 0 Å². The van der Waals surface area contributed by atoms with Gasteiger partial charge in [-0.2, -0.15) is 8.42 Å². The zero-order valence-corrected chi connectivity index (χ0v) is 6.34. The molecule has 0 aliphatic heterocycles. The van der Waals surface area contributed by atoms with Crippen LogP contribution in [0, 0.1) is 0 Å². The molecule has 0 spiro atoms. The highest BCUT2D eigenvalue weighted by atomic mass is 32.2. The molecule has 5 heteroatoms. The number of nitrogens with two attached hydrogens (primary N) is 1. The van der Waals surface area contributed by atoms with Crippen molar-refractivity contribution in [1.29, 1.82) is 0 Å². The highest BCUT2D eigenvalue weighted by molar-refractivity contribution is 7.86. The molecule has 1 rings (SSSR count). The molecule has 1 aliphatic rings. The molecule has 1 saturated carbocycles. The molecule has 4 nitrogen and oxygen atoms in total. The molecule has 0 amide bonds. The summed E-state index contributed by atoms with van der Waals surface area (Å²) in [4.78, 5) is 0. The molecule has 0 bridgehead atoms. The van der Waals surface area contributed by atoms with Crippen LogP contribution >= 0.6 is 0 Å². The van der Waals surface area contributed by atoms with Gasteiger partial charge >= 0.3 is 0 Å². The Morgan fingerprint density at radius 3 is 2.20 bits per heavy atom. The van der Waals surface area contributed by atoms with E-state index in [2.05, 4.69) is 0 Å². The lowest BCUT2D eigenvalue weighted by Gasteiger charge is -2.10. The molecule has 0 aromatic heterocycles. The SMILES string of the molecule is N[C@@H]1CCC[C@H]1S(=O)(=O)O. The number of hydrogen-bond donors (Lipinski definition) is 2. The van der Waals surface area contributed by atoms with E-state index < -0.39 is 15.4 Å². The van der Waals surface area contributed by atoms with Gasteiger partial charge in [-0.1, -0.05) is 6.42 Å². The van der Waals surface area contributed by atoms with Gasteiger partial charge in [0, 0.05) is 6.04 Å². The summed E-state index contributed by atoms with van der Waals surface area (Å²) in [5.41, 5.74) is 5.43. The van der Waals surface area contributed by atoms with Crippen LogP contribution in [0.5, 0.6) is 0 Å². The van der Waals surface area contributed by atoms with E-state index >= 15 is 0 Å². The minimum atomic E-state index is -3.88. The number of rotatable bonds is 1. The van der Waals surface area contributed by atoms with E-state index in [1.165, 1.54) is 0 Å². The van der Waals surface area contributed by atoms with Crippen molar-refractivity contribution in [2.24, 2.45) is 5.73 Å². The smallest absolute Gasteiger partial charge is 0.269 e. The van der Waals surface area contributed by atoms with Crippen LogP contribution in [0.3, 0.4) is 0 Å². The summed E-state index contributed by atoms with van der Waals surface area (Å²) in [5.74, 6) is 0. The third kappa shape index (κ3) is 1.47. The summed E-state index contributed by atoms with van der Waals surface area (Å²) in [5, 5.41) is -0.715. The van der Waals surface area contributed by atoms with Gasteiger partial charge < -0.3 is 5.73 Å². The molecule has 0 heterocycles. The van der Waals surface area contributed by atoms with Crippen LogP contribution in [0.25, 0.3) is 0 Å². The minimum Gasteiger partial charge on any atom is -0.326 e. The first kappa shape index (κ1) is 7.97. The van der Waals surface area contributed by atoms with Crippen LogP contribution in [0.1, 0.15) is 19.3 Å². The molecule has 0 aromatic rings. The van der Waals surface area contributed by atoms with Crippen molar-refractivity contribution in [1.82, 2.24) is 0 Å². The Balaban J connectivity index is 2.74. The molecule has 1 aliphatic carbocycles. The predicted octanol–water partition coefficient (Wildman–Crippen LogP) is -0.246. The summed E-state index contributed by atoms with van der Waals surface area (Å²) in [7, 11) is -3.88. The van der Waals surface area contributed by atoms with E-state index in [-0.39, 0.29) is 6.04 Å². The Hall–Kier alpha value is -0.130. The van der Waals surface area contributed by atoms with Gasteiger partial charge in [0.15, 0.2) is 0 Å². The van der Waals surface area contributed by atoms with Gasteiger partial charge in [-0.25, -0.2) is 0 Å². The zero-order valence-electron chi connectivity index (χ0n) is 5.53. The molecule has 0 saturated heterocycles. The Morgan fingerprint density at radius 1 is 1.40 bits per heavy atom. The maximum atomic E-state index is 10.5. The topological polar surface area (TPSA) is 80.4 Å². The fourth-order valence-electron chi connectivity index (χ4n) is 1.32. The standard InChI is InChI=1S/C5H11NO3S/c6-4-2-1-3-5(4)10(7,8)9/h4-5H,1-3,6H2,(H,7,8,9)/t4-,5-/m1/s1. The quantitative estimate of drug-likeness (QED) is 0.525. The fraction of sp³-hybridized carbons (Fsp3) is 1.00. The average molecular weight is 165 g/mol. The first-order valence-electron chi connectivity index (χ1n) is 3.23. The van der Waals surface area contributed by atoms with Gasteiger partial charge in [0.25, 0.3) is 10.1 Å². The summed E-state index contributed by atoms with van der Waals surface area (Å²) in [6.07, 6.45) is 2.00. The van der Waals surface area contributed by atoms with Crippen LogP contribution < -0.4 is 5.73 Å². The van der Waals surface area contributed by atoms with E-state index in [1.807, 2.05) is 0 Å². The molecule has 2 atom stereocenters. The van der Waals surface area contributed by atoms with Crippen molar-refractivity contribution < 1.29 is 13.0 Å². The molecule has 0 aromatic carbocycles. The molecule has 0 radical (unpaired) electrons. The van der Waals surface area contributed by atoms with Crippen molar-refractivity contribution in [2.45, 2.75) is 30.6 Å². The lowest BCUT2D eigenvalue weighted by molar-refractivity contribution is 0.460. The molecule has 10 heavy (non-hydrogen) atoms. The van der Waals surface area contributed by atoms with E-state index in [0.717, 1.165) is 6.42 Å². The maximum absolute atomic E-state index is 10.5. The summed E-state index contributed by atoms with van der Waals surface area (Å²) >= 11 is 0. The van der Waals surface area contributed by atoms with Crippen LogP contribution in [0.15, 0.2) is 0 Å². The molecule has 0 unspecified atom stereocenters. The second-order valence-electron chi connectivity index (χ2n) is 2.65. The van der Waals surface area contributed by atoms with Gasteiger partial charge in [-0.15, -0.1) is 0 Å². The lowest BCUT2D eigenvalue weighted by Crippen LogP contribution is -2.35. The molecule has 3 N–H and O–H groups in total. The minimum absolute atomic E-state index is 0.366. The van der Waals surface area contributed by atoms with E-state index in [1.54, 1.807) is 0 Å². The van der Waals surface area contributed by atoms with E-state index in [0.29, 0.717) is 12.8 Å². The first-order valence-corrected chi connectivity index (χ1v) is 4.74. The van der Waals surface area contributed by atoms with E-state index in [4.69, 9.17) is 10.3 Å². The van der Waals surface area contributed by atoms with Crippen LogP contribution in [-0.4, -0.2) is 24.3 Å². The zero-order chi connectivity index (χ0) is 7.78. The highest BCUT2D eigenvalue weighted by Crippen LogP contribution is 2.22. The van der Waals surface area contributed by atoms with Gasteiger partial charge in [-0.05, 0) is 12.8 Å². The summed E-state index contributed by atoms with van der Waals surface area (Å²) in [6, 6.07) is -0.366. The Kier molecular flexibility index (Phi) is 1.98. The number of hydrogen-bond acceptors (Lipinski definition) is 3. The van der Waals surface area contributed by atoms with Gasteiger partial charge in [0.05, 0.1) is 0 Å². The summed E-state index contributed by atoms with van der Waals surface area (Å²) in [6.45, 7) is 0. The average Bonchev–Trinajstić information content (AvgIpc) is 2.11. The summed E-state index contributed by atoms with van der Waals surface area (Å²) < 4.78 is 29.6. The molecule has 1 fully saturated rings. The van der Waals surface area contributed by atoms with Crippen molar-refractivity contribution in [2.75, 3.05) is 0 Å². The van der Waals surface area contributed by atoms with Crippen molar-refractivity contribution >= 4 is 10.1 Å². The largest absolute Gasteiger partial charge is 0.326 e. The van der Waals surface area contributed by atoms with Gasteiger partial charge in [0.1, 0.15) is 5.25 Å². The van der Waals surface area contributed by atoms with E-state index in [9.17, 15) is 8.42 Å². The first-order chi connectivity index (χ1) is 4.52. The van der Waals surface area contributed by atoms with Crippen molar-refractivity contribution in [3.63, 3.8) is 0 Å². The molecular weight excluding hydrogens is 154 g/mol. The van der Waals surface area contributed by atoms with Crippen LogP contribution in [-0.2, 0) is 10.1 Å². The predicted molar refractivity (Wildman–Crippen MR) is 37.2 cm³/mol. The maximum Gasteiger partial charge on any atom is 0.269 e. The highest BCUT2D eigenvalue weighted by Gasteiger charge is 2.33. The fourth-order valence-corrected chi connectivity index (χ4v) is 2.37. The Labute approximate surface area is 60.2 Å². The Morgan fingerprint density at radius 2 is 2.00 bits per heavy atom. The monoisotopic (exact) mass is 165 g/mol. The molecule has 60 valence electrons.